The van der Waals surface area contributed by atoms with Crippen molar-refractivity contribution in [1.82, 2.24) is 25.2 Å². The number of hydrogen-bond acceptors (Lipinski definition) is 7. The number of halogens is 2. The number of nitrogens with zero attached hydrogens (tertiary/aromatic N) is 5. The molecule has 43 heavy (non-hydrogen) atoms. The van der Waals surface area contributed by atoms with Crippen LogP contribution in [-0.2, 0) is 0 Å². The van der Waals surface area contributed by atoms with Gasteiger partial charge in [0.2, 0.25) is 5.82 Å². The first-order valence-corrected chi connectivity index (χ1v) is 14.9. The number of terminal acetylenes is 1. The summed E-state index contributed by atoms with van der Waals surface area (Å²) in [6, 6.07) is 8.62. The molecule has 7 rings (SSSR count). The van der Waals surface area contributed by atoms with Gasteiger partial charge in [0.1, 0.15) is 28.9 Å². The Labute approximate surface area is 249 Å². The normalized spacial score (nSPS) is 23.7. The molecule has 3 saturated heterocycles. The van der Waals surface area contributed by atoms with Crippen molar-refractivity contribution in [3.05, 3.63) is 53.7 Å². The highest BCUT2D eigenvalue weighted by molar-refractivity contribution is 6.02. The minimum atomic E-state index is -0.912. The highest BCUT2D eigenvalue weighted by Gasteiger charge is 2.47. The highest BCUT2D eigenvalue weighted by atomic mass is 19.1. The number of nitrogens with one attached hydrogen (secondary N) is 1. The van der Waals surface area contributed by atoms with Crippen LogP contribution in [0.5, 0.6) is 5.75 Å². The minimum absolute atomic E-state index is 0.0254. The van der Waals surface area contributed by atoms with Crippen LogP contribution in [-0.4, -0.2) is 75.4 Å². The van der Waals surface area contributed by atoms with E-state index in [1.54, 1.807) is 24.4 Å². The van der Waals surface area contributed by atoms with Gasteiger partial charge in [-0.05, 0) is 55.3 Å². The average Bonchev–Trinajstić information content (AvgIpc) is 3.55. The summed E-state index contributed by atoms with van der Waals surface area (Å²) in [6.45, 7) is 5.54. The van der Waals surface area contributed by atoms with Crippen LogP contribution in [0.1, 0.15) is 44.0 Å². The lowest BCUT2D eigenvalue weighted by Crippen LogP contribution is -2.51. The molecule has 218 valence electrons. The number of benzene rings is 2. The fourth-order valence-electron chi connectivity index (χ4n) is 7.09. The van der Waals surface area contributed by atoms with Crippen molar-refractivity contribution in [1.29, 1.82) is 0 Å². The SMILES string of the molecule is C#Cc1cccc2cc(O)cc(-c3ncc4c(N5CCNCC5CC)nc(C#C[C@@]56CCCN5C[C@H](F)C6)nc4c3F)c12. The van der Waals surface area contributed by atoms with Gasteiger partial charge in [0.05, 0.1) is 10.9 Å². The van der Waals surface area contributed by atoms with Gasteiger partial charge >= 0.3 is 0 Å². The first kappa shape index (κ1) is 27.5. The summed E-state index contributed by atoms with van der Waals surface area (Å²) >= 11 is 0. The second-order valence-electron chi connectivity index (χ2n) is 11.7. The summed E-state index contributed by atoms with van der Waals surface area (Å²) in [6.07, 6.45) is 9.49. The number of anilines is 1. The maximum atomic E-state index is 16.7. The summed E-state index contributed by atoms with van der Waals surface area (Å²) in [5, 5.41) is 15.7. The number of piperazine rings is 1. The zero-order chi connectivity index (χ0) is 29.7. The fourth-order valence-corrected chi connectivity index (χ4v) is 7.09. The molecule has 3 aliphatic rings. The Bertz CT molecular complexity index is 1860. The number of phenolic OH excluding ortho intramolecular Hbond substituents is 1. The van der Waals surface area contributed by atoms with Crippen molar-refractivity contribution < 1.29 is 13.9 Å². The number of phenols is 1. The first-order chi connectivity index (χ1) is 20.9. The number of pyridine rings is 1. The van der Waals surface area contributed by atoms with Crippen LogP contribution in [0.4, 0.5) is 14.6 Å². The maximum Gasteiger partial charge on any atom is 0.207 e. The minimum Gasteiger partial charge on any atom is -0.508 e. The summed E-state index contributed by atoms with van der Waals surface area (Å²) < 4.78 is 31.2. The van der Waals surface area contributed by atoms with Gasteiger partial charge in [0.15, 0.2) is 5.82 Å². The van der Waals surface area contributed by atoms with E-state index in [9.17, 15) is 9.50 Å². The Morgan fingerprint density at radius 3 is 2.95 bits per heavy atom. The Balaban J connectivity index is 1.45. The van der Waals surface area contributed by atoms with E-state index in [1.807, 2.05) is 6.07 Å². The maximum absolute atomic E-state index is 16.7. The average molecular weight is 579 g/mol. The zero-order valence-electron chi connectivity index (χ0n) is 24.0. The second-order valence-corrected chi connectivity index (χ2v) is 11.7. The number of hydrogen-bond donors (Lipinski definition) is 2. The van der Waals surface area contributed by atoms with Crippen LogP contribution in [0.3, 0.4) is 0 Å². The highest BCUT2D eigenvalue weighted by Crippen LogP contribution is 2.40. The van der Waals surface area contributed by atoms with E-state index >= 15 is 4.39 Å². The van der Waals surface area contributed by atoms with Crippen LogP contribution in [0, 0.1) is 30.0 Å². The van der Waals surface area contributed by atoms with Crippen molar-refractivity contribution >= 4 is 27.5 Å². The van der Waals surface area contributed by atoms with Crippen LogP contribution < -0.4 is 10.2 Å². The van der Waals surface area contributed by atoms with Crippen molar-refractivity contribution in [3.63, 3.8) is 0 Å². The molecule has 1 unspecified atom stereocenters. The molecule has 2 N–H and O–H groups in total. The largest absolute Gasteiger partial charge is 0.508 e. The topological polar surface area (TPSA) is 77.4 Å². The van der Waals surface area contributed by atoms with Crippen LogP contribution in [0.25, 0.3) is 32.9 Å². The van der Waals surface area contributed by atoms with Crippen molar-refractivity contribution in [3.8, 4) is 41.2 Å². The summed E-state index contributed by atoms with van der Waals surface area (Å²) in [7, 11) is 0. The molecule has 0 aliphatic carbocycles. The fraction of sp³-hybridized carbons (Fsp3) is 0.382. The van der Waals surface area contributed by atoms with Crippen LogP contribution in [0.2, 0.25) is 0 Å². The number of fused-ring (bicyclic) bond motifs is 3. The Hall–Kier alpha value is -4.31. The molecule has 3 fully saturated rings. The van der Waals surface area contributed by atoms with E-state index < -0.39 is 17.5 Å². The molecule has 2 aromatic carbocycles. The van der Waals surface area contributed by atoms with Crippen molar-refractivity contribution in [2.45, 2.75) is 50.4 Å². The molecular formula is C34H32F2N6O. The van der Waals surface area contributed by atoms with Gasteiger partial charge in [-0.15, -0.1) is 6.42 Å². The number of aromatic hydroxyl groups is 1. The smallest absolute Gasteiger partial charge is 0.207 e. The molecule has 0 spiro atoms. The quantitative estimate of drug-likeness (QED) is 0.339. The standard InChI is InChI=1S/C34H32F2N6O/c1-3-21-7-5-8-22-15-25(43)16-26(29(21)22)31-30(36)32-27(19-38-31)33(42-14-12-37-18-24(42)4-2)40-28(39-32)9-11-34-10-6-13-41(34)20-23(35)17-34/h1,5,7-8,15-16,19,23-24,37,43H,4,6,10,12-14,17-18,20H2,2H3/t23-,24?,34-/m1/s1. The Morgan fingerprint density at radius 2 is 2.12 bits per heavy atom. The van der Waals surface area contributed by atoms with E-state index in [0.717, 1.165) is 38.9 Å². The third-order valence-corrected chi connectivity index (χ3v) is 9.14. The lowest BCUT2D eigenvalue weighted by molar-refractivity contribution is 0.255. The van der Waals surface area contributed by atoms with E-state index in [4.69, 9.17) is 11.4 Å². The van der Waals surface area contributed by atoms with E-state index in [-0.39, 0.29) is 28.8 Å². The third-order valence-electron chi connectivity index (χ3n) is 9.14. The zero-order valence-corrected chi connectivity index (χ0v) is 24.0. The summed E-state index contributed by atoms with van der Waals surface area (Å²) in [5.74, 6) is 9.25. The monoisotopic (exact) mass is 578 g/mol. The second kappa shape index (κ2) is 10.8. The molecule has 4 aromatic rings. The molecule has 5 heterocycles. The molecule has 7 nitrogen and oxygen atoms in total. The molecule has 0 saturated carbocycles. The van der Waals surface area contributed by atoms with Crippen molar-refractivity contribution in [2.24, 2.45) is 0 Å². The summed E-state index contributed by atoms with van der Waals surface area (Å²) in [5.41, 5.74) is 0.539. The van der Waals surface area contributed by atoms with E-state index in [2.05, 4.69) is 49.8 Å². The van der Waals surface area contributed by atoms with Gasteiger partial charge in [0.25, 0.3) is 0 Å². The molecule has 0 radical (unpaired) electrons. The van der Waals surface area contributed by atoms with Gasteiger partial charge in [0, 0.05) is 61.4 Å². The molecule has 0 bridgehead atoms. The third kappa shape index (κ3) is 4.64. The molecule has 9 heteroatoms. The van der Waals surface area contributed by atoms with Gasteiger partial charge in [-0.25, -0.2) is 18.7 Å². The molecule has 3 aliphatic heterocycles. The lowest BCUT2D eigenvalue weighted by Gasteiger charge is -2.37. The van der Waals surface area contributed by atoms with Gasteiger partial charge < -0.3 is 15.3 Å². The van der Waals surface area contributed by atoms with E-state index in [1.165, 1.54) is 6.07 Å². The number of rotatable bonds is 3. The van der Waals surface area contributed by atoms with Crippen molar-refractivity contribution in [2.75, 3.05) is 37.6 Å². The van der Waals surface area contributed by atoms with Crippen LogP contribution in [0.15, 0.2) is 36.5 Å². The van der Waals surface area contributed by atoms with Gasteiger partial charge in [-0.2, -0.15) is 0 Å². The predicted octanol–water partition coefficient (Wildman–Crippen LogP) is 4.79. The number of aromatic nitrogens is 3. The molecular weight excluding hydrogens is 546 g/mol. The molecule has 3 atom stereocenters. The van der Waals surface area contributed by atoms with Gasteiger partial charge in [-0.1, -0.05) is 30.9 Å². The van der Waals surface area contributed by atoms with E-state index in [0.29, 0.717) is 52.6 Å². The first-order valence-electron chi connectivity index (χ1n) is 14.9. The molecule has 0 amide bonds. The Morgan fingerprint density at radius 1 is 1.23 bits per heavy atom. The Kier molecular flexibility index (Phi) is 6.88. The number of alkyl halides is 1. The van der Waals surface area contributed by atoms with Gasteiger partial charge in [-0.3, -0.25) is 9.88 Å². The molecule has 2 aromatic heterocycles. The lowest BCUT2D eigenvalue weighted by atomic mass is 9.94. The summed E-state index contributed by atoms with van der Waals surface area (Å²) in [4.78, 5) is 18.4. The predicted molar refractivity (Wildman–Crippen MR) is 164 cm³/mol. The van der Waals surface area contributed by atoms with Crippen LogP contribution >= 0.6 is 0 Å².